The van der Waals surface area contributed by atoms with E-state index in [4.69, 9.17) is 4.52 Å². The summed E-state index contributed by atoms with van der Waals surface area (Å²) in [6.45, 7) is 2.76. The molecule has 0 spiro atoms. The quantitative estimate of drug-likeness (QED) is 0.662. The number of allylic oxidation sites excluding steroid dienone is 1. The van der Waals surface area contributed by atoms with Crippen LogP contribution in [0.25, 0.3) is 17.4 Å². The van der Waals surface area contributed by atoms with Crippen LogP contribution in [0.15, 0.2) is 71.5 Å². The molecule has 0 aliphatic carbocycles. The molecular weight excluding hydrogens is 296 g/mol. The van der Waals surface area contributed by atoms with Crippen molar-refractivity contribution in [3.63, 3.8) is 0 Å². The molecule has 0 saturated heterocycles. The van der Waals surface area contributed by atoms with E-state index in [0.29, 0.717) is 0 Å². The Bertz CT molecular complexity index is 733. The minimum atomic E-state index is 0. The minimum absolute atomic E-state index is 0. The Labute approximate surface area is 136 Å². The minimum Gasteiger partial charge on any atom is -1.00 e. The third-order valence-electron chi connectivity index (χ3n) is 3.23. The smallest absolute Gasteiger partial charge is 0.169 e. The zero-order valence-electron chi connectivity index (χ0n) is 12.3. The van der Waals surface area contributed by atoms with Crippen LogP contribution in [0.2, 0.25) is 0 Å². The first-order chi connectivity index (χ1) is 10.3. The molecule has 2 aromatic heterocycles. The van der Waals surface area contributed by atoms with Crippen molar-refractivity contribution in [2.75, 3.05) is 0 Å². The Morgan fingerprint density at radius 2 is 1.82 bits per heavy atom. The molecule has 1 aromatic carbocycles. The number of aryl methyl sites for hydroxylation is 1. The third kappa shape index (κ3) is 4.06. The van der Waals surface area contributed by atoms with Crippen LogP contribution in [0.4, 0.5) is 0 Å². The summed E-state index contributed by atoms with van der Waals surface area (Å²) < 4.78 is 7.37. The van der Waals surface area contributed by atoms with E-state index in [-0.39, 0.29) is 12.4 Å². The molecule has 3 nitrogen and oxygen atoms in total. The van der Waals surface area contributed by atoms with Crippen molar-refractivity contribution in [3.8, 4) is 11.3 Å². The van der Waals surface area contributed by atoms with E-state index in [9.17, 15) is 0 Å². The fourth-order valence-corrected chi connectivity index (χ4v) is 2.12. The van der Waals surface area contributed by atoms with Crippen LogP contribution in [0.3, 0.4) is 0 Å². The van der Waals surface area contributed by atoms with Crippen molar-refractivity contribution in [2.45, 2.75) is 13.5 Å². The third-order valence-corrected chi connectivity index (χ3v) is 3.23. The maximum atomic E-state index is 5.26. The molecule has 0 aliphatic rings. The maximum absolute atomic E-state index is 5.26. The normalized spacial score (nSPS) is 10.6. The summed E-state index contributed by atoms with van der Waals surface area (Å²) in [6, 6.07) is 16.3. The molecule has 3 aromatic rings. The summed E-state index contributed by atoms with van der Waals surface area (Å²) in [5, 5.41) is 3.91. The topological polar surface area (TPSA) is 29.9 Å². The van der Waals surface area contributed by atoms with Gasteiger partial charge < -0.3 is 16.9 Å². The molecule has 112 valence electrons. The molecule has 0 N–H and O–H groups in total. The highest BCUT2D eigenvalue weighted by atomic mass is 35.5. The van der Waals surface area contributed by atoms with Gasteiger partial charge in [-0.3, -0.25) is 0 Å². The molecule has 0 aliphatic heterocycles. The van der Waals surface area contributed by atoms with Gasteiger partial charge >= 0.3 is 0 Å². The number of hydrogen-bond acceptors (Lipinski definition) is 2. The molecular formula is C18H17ClN2O. The number of aromatic nitrogens is 2. The van der Waals surface area contributed by atoms with Gasteiger partial charge in [-0.15, -0.1) is 0 Å². The molecule has 0 fully saturated rings. The lowest BCUT2D eigenvalue weighted by Gasteiger charge is -1.95. The van der Waals surface area contributed by atoms with Gasteiger partial charge in [-0.05, 0) is 18.6 Å². The Hall–Kier alpha value is -2.39. The molecule has 3 rings (SSSR count). The maximum Gasteiger partial charge on any atom is 0.169 e. The van der Waals surface area contributed by atoms with Crippen molar-refractivity contribution >= 4 is 6.08 Å². The Morgan fingerprint density at radius 3 is 2.45 bits per heavy atom. The molecule has 0 saturated carbocycles. The molecule has 0 atom stereocenters. The van der Waals surface area contributed by atoms with E-state index in [1.165, 1.54) is 5.56 Å². The van der Waals surface area contributed by atoms with Gasteiger partial charge in [0.15, 0.2) is 24.7 Å². The first-order valence-electron chi connectivity index (χ1n) is 6.96. The predicted octanol–water partition coefficient (Wildman–Crippen LogP) is 0.655. The standard InChI is InChI=1S/C18H17N2O.ClH/c1-15-14-18(21-19-15)17-9-12-20(13-10-17)11-5-8-16-6-3-2-4-7-16;/h2-10,12-14H,11H2,1H3;1H/q+1;/p-1. The summed E-state index contributed by atoms with van der Waals surface area (Å²) in [6.07, 6.45) is 8.36. The van der Waals surface area contributed by atoms with Crippen molar-refractivity contribution in [1.29, 1.82) is 0 Å². The van der Waals surface area contributed by atoms with Crippen LogP contribution in [-0.2, 0) is 6.54 Å². The molecule has 22 heavy (non-hydrogen) atoms. The average Bonchev–Trinajstić information content (AvgIpc) is 2.96. The van der Waals surface area contributed by atoms with Crippen LogP contribution in [-0.4, -0.2) is 5.16 Å². The Balaban J connectivity index is 0.00000176. The van der Waals surface area contributed by atoms with Gasteiger partial charge in [-0.25, -0.2) is 4.57 Å². The van der Waals surface area contributed by atoms with Crippen molar-refractivity contribution in [1.82, 2.24) is 5.16 Å². The van der Waals surface area contributed by atoms with Gasteiger partial charge in [0.05, 0.1) is 5.69 Å². The van der Waals surface area contributed by atoms with Gasteiger partial charge in [0, 0.05) is 23.8 Å². The fourth-order valence-electron chi connectivity index (χ4n) is 2.12. The van der Waals surface area contributed by atoms with Gasteiger partial charge in [0.2, 0.25) is 0 Å². The lowest BCUT2D eigenvalue weighted by molar-refractivity contribution is -0.686. The number of hydrogen-bond donors (Lipinski definition) is 0. The van der Waals surface area contributed by atoms with Gasteiger partial charge in [0.1, 0.15) is 0 Å². The number of halogens is 1. The highest BCUT2D eigenvalue weighted by molar-refractivity contribution is 5.55. The Kier molecular flexibility index (Phi) is 5.50. The average molecular weight is 313 g/mol. The molecule has 0 radical (unpaired) electrons. The van der Waals surface area contributed by atoms with E-state index < -0.39 is 0 Å². The summed E-state index contributed by atoms with van der Waals surface area (Å²) in [7, 11) is 0. The zero-order chi connectivity index (χ0) is 14.5. The molecule has 4 heteroatoms. The number of nitrogens with zero attached hydrogens (tertiary/aromatic N) is 2. The van der Waals surface area contributed by atoms with Gasteiger partial charge in [0.25, 0.3) is 0 Å². The second kappa shape index (κ2) is 7.57. The predicted molar refractivity (Wildman–Crippen MR) is 82.3 cm³/mol. The van der Waals surface area contributed by atoms with E-state index in [1.807, 2.05) is 55.7 Å². The van der Waals surface area contributed by atoms with Crippen molar-refractivity contribution < 1.29 is 21.5 Å². The van der Waals surface area contributed by atoms with Crippen molar-refractivity contribution in [2.24, 2.45) is 0 Å². The molecule has 0 bridgehead atoms. The van der Waals surface area contributed by atoms with Crippen LogP contribution >= 0.6 is 0 Å². The SMILES string of the molecule is Cc1cc(-c2cc[n+](CC=Cc3ccccc3)cc2)on1.[Cl-]. The first kappa shape index (κ1) is 16.0. The van der Waals surface area contributed by atoms with Crippen LogP contribution in [0.5, 0.6) is 0 Å². The monoisotopic (exact) mass is 312 g/mol. The highest BCUT2D eigenvalue weighted by Crippen LogP contribution is 2.18. The summed E-state index contributed by atoms with van der Waals surface area (Å²) in [5.41, 5.74) is 3.15. The summed E-state index contributed by atoms with van der Waals surface area (Å²) in [5.74, 6) is 0.805. The molecule has 0 unspecified atom stereocenters. The van der Waals surface area contributed by atoms with Crippen LogP contribution < -0.4 is 17.0 Å². The van der Waals surface area contributed by atoms with Crippen molar-refractivity contribution in [3.05, 3.63) is 78.3 Å². The van der Waals surface area contributed by atoms with E-state index >= 15 is 0 Å². The molecule has 2 heterocycles. The van der Waals surface area contributed by atoms with E-state index in [2.05, 4.69) is 34.0 Å². The number of benzene rings is 1. The van der Waals surface area contributed by atoms with Gasteiger partial charge in [-0.1, -0.05) is 41.6 Å². The lowest BCUT2D eigenvalue weighted by Crippen LogP contribution is -3.00. The van der Waals surface area contributed by atoms with E-state index in [1.54, 1.807) is 0 Å². The van der Waals surface area contributed by atoms with Crippen LogP contribution in [0.1, 0.15) is 11.3 Å². The highest BCUT2D eigenvalue weighted by Gasteiger charge is 2.06. The fraction of sp³-hybridized carbons (Fsp3) is 0.111. The first-order valence-corrected chi connectivity index (χ1v) is 6.96. The largest absolute Gasteiger partial charge is 1.00 e. The number of pyridine rings is 1. The van der Waals surface area contributed by atoms with Gasteiger partial charge in [-0.2, -0.15) is 0 Å². The summed E-state index contributed by atoms with van der Waals surface area (Å²) >= 11 is 0. The lowest BCUT2D eigenvalue weighted by atomic mass is 10.2. The second-order valence-corrected chi connectivity index (χ2v) is 4.93. The second-order valence-electron chi connectivity index (χ2n) is 4.93. The Morgan fingerprint density at radius 1 is 1.09 bits per heavy atom. The zero-order valence-corrected chi connectivity index (χ0v) is 13.1. The van der Waals surface area contributed by atoms with E-state index in [0.717, 1.165) is 23.6 Å². The summed E-state index contributed by atoms with van der Waals surface area (Å²) in [4.78, 5) is 0. The number of rotatable bonds is 4. The van der Waals surface area contributed by atoms with Crippen LogP contribution in [0, 0.1) is 6.92 Å². The molecule has 0 amide bonds.